The van der Waals surface area contributed by atoms with Gasteiger partial charge >= 0.3 is 0 Å². The van der Waals surface area contributed by atoms with E-state index in [2.05, 4.69) is 49.3 Å². The van der Waals surface area contributed by atoms with Gasteiger partial charge in [-0.05, 0) is 84.8 Å². The fourth-order valence-corrected chi connectivity index (χ4v) is 10.1. The molecule has 2 N–H and O–H groups in total. The van der Waals surface area contributed by atoms with Crippen LogP contribution in [-0.4, -0.2) is 82.1 Å². The van der Waals surface area contributed by atoms with Crippen molar-refractivity contribution >= 4 is 46.8 Å². The molecule has 4 aliphatic heterocycles. The molecule has 0 unspecified atom stereocenters. The number of piperidine rings is 2. The Labute approximate surface area is 331 Å². The predicted molar refractivity (Wildman–Crippen MR) is 208 cm³/mol. The van der Waals surface area contributed by atoms with E-state index < -0.39 is 29.7 Å². The van der Waals surface area contributed by atoms with Gasteiger partial charge in [-0.2, -0.15) is 5.26 Å². The van der Waals surface area contributed by atoms with Crippen molar-refractivity contribution in [3.05, 3.63) is 93.0 Å². The third kappa shape index (κ3) is 6.50. The van der Waals surface area contributed by atoms with E-state index in [9.17, 15) is 29.2 Å². The number of carbonyl (C=O) groups excluding carboxylic acids is 5. The highest BCUT2D eigenvalue weighted by molar-refractivity contribution is 6.31. The van der Waals surface area contributed by atoms with Crippen molar-refractivity contribution < 1.29 is 28.7 Å². The number of hydrogen-bond acceptors (Lipinski definition) is 9. The maximum atomic E-state index is 13.6. The maximum absolute atomic E-state index is 13.6. The SMILES string of the molecule is CC1(C)C(Nc2ccc(C(=O)N3CCC(CN4Cc5cc6c(cc5C4)C(=O)N([C@@H]4CCC(=O)NC4=O)C6=O)CC3)cc2)C(C)(C)C1Oc1ccc(C#N)c(Cl)c1. The van der Waals surface area contributed by atoms with Crippen LogP contribution in [0.15, 0.2) is 54.6 Å². The Morgan fingerprint density at radius 1 is 0.911 bits per heavy atom. The number of benzene rings is 3. The van der Waals surface area contributed by atoms with Crippen LogP contribution in [0, 0.1) is 28.1 Å². The van der Waals surface area contributed by atoms with Crippen LogP contribution < -0.4 is 15.4 Å². The lowest BCUT2D eigenvalue weighted by atomic mass is 9.49. The molecule has 1 aliphatic carbocycles. The van der Waals surface area contributed by atoms with Gasteiger partial charge < -0.3 is 15.0 Å². The van der Waals surface area contributed by atoms with Crippen molar-refractivity contribution in [1.82, 2.24) is 20.0 Å². The van der Waals surface area contributed by atoms with Crippen LogP contribution in [0.4, 0.5) is 5.69 Å². The summed E-state index contributed by atoms with van der Waals surface area (Å²) in [7, 11) is 0. The number of rotatable bonds is 8. The van der Waals surface area contributed by atoms with E-state index in [-0.39, 0.29) is 41.7 Å². The molecule has 13 heteroatoms. The highest BCUT2D eigenvalue weighted by Crippen LogP contribution is 2.56. The Morgan fingerprint density at radius 3 is 2.11 bits per heavy atom. The Balaban J connectivity index is 0.821. The van der Waals surface area contributed by atoms with Gasteiger partial charge in [-0.1, -0.05) is 39.3 Å². The Morgan fingerprint density at radius 2 is 1.54 bits per heavy atom. The molecule has 4 heterocycles. The van der Waals surface area contributed by atoms with E-state index in [1.54, 1.807) is 30.3 Å². The smallest absolute Gasteiger partial charge is 0.262 e. The molecule has 1 atom stereocenters. The molecule has 0 spiro atoms. The summed E-state index contributed by atoms with van der Waals surface area (Å²) < 4.78 is 6.43. The molecule has 0 bridgehead atoms. The minimum Gasteiger partial charge on any atom is -0.489 e. The van der Waals surface area contributed by atoms with Crippen LogP contribution in [0.3, 0.4) is 0 Å². The number of carbonyl (C=O) groups is 5. The number of hydrogen-bond donors (Lipinski definition) is 2. The van der Waals surface area contributed by atoms with Gasteiger partial charge in [0.05, 0.1) is 21.7 Å². The van der Waals surface area contributed by atoms with Gasteiger partial charge in [0.25, 0.3) is 17.7 Å². The number of amides is 5. The van der Waals surface area contributed by atoms with E-state index in [1.165, 1.54) is 0 Å². The zero-order valence-corrected chi connectivity index (χ0v) is 32.7. The van der Waals surface area contributed by atoms with Gasteiger partial charge in [0.15, 0.2) is 0 Å². The van der Waals surface area contributed by atoms with Crippen LogP contribution in [0.2, 0.25) is 5.02 Å². The van der Waals surface area contributed by atoms with Gasteiger partial charge in [0.1, 0.15) is 24.0 Å². The summed E-state index contributed by atoms with van der Waals surface area (Å²) in [6, 6.07) is 17.7. The lowest BCUT2D eigenvalue weighted by Gasteiger charge is -2.63. The fourth-order valence-electron chi connectivity index (χ4n) is 9.91. The van der Waals surface area contributed by atoms with Gasteiger partial charge in [-0.15, -0.1) is 0 Å². The molecule has 3 aromatic rings. The minimum atomic E-state index is -0.975. The molecule has 12 nitrogen and oxygen atoms in total. The van der Waals surface area contributed by atoms with Gasteiger partial charge in [0, 0.05) is 73.3 Å². The summed E-state index contributed by atoms with van der Waals surface area (Å²) in [5, 5.41) is 15.5. The normalized spacial score (nSPS) is 24.2. The molecule has 5 aliphatic rings. The summed E-state index contributed by atoms with van der Waals surface area (Å²) >= 11 is 6.26. The summed E-state index contributed by atoms with van der Waals surface area (Å²) in [5.74, 6) is -0.904. The van der Waals surface area contributed by atoms with E-state index in [1.807, 2.05) is 29.2 Å². The van der Waals surface area contributed by atoms with Crippen molar-refractivity contribution in [2.24, 2.45) is 16.7 Å². The number of nitriles is 1. The average molecular weight is 777 g/mol. The second-order valence-electron chi connectivity index (χ2n) is 17.1. The first-order chi connectivity index (χ1) is 26.6. The molecule has 1 saturated carbocycles. The number of nitrogens with zero attached hydrogens (tertiary/aromatic N) is 4. The van der Waals surface area contributed by atoms with E-state index in [0.717, 1.165) is 41.1 Å². The summed E-state index contributed by atoms with van der Waals surface area (Å²) in [6.45, 7) is 12.2. The Kier molecular flexibility index (Phi) is 9.45. The molecule has 290 valence electrons. The predicted octanol–water partition coefficient (Wildman–Crippen LogP) is 5.77. The quantitative estimate of drug-likeness (QED) is 0.272. The molecular formula is C43H45ClN6O6. The van der Waals surface area contributed by atoms with Crippen LogP contribution in [0.5, 0.6) is 5.75 Å². The highest BCUT2D eigenvalue weighted by atomic mass is 35.5. The second-order valence-corrected chi connectivity index (χ2v) is 17.5. The maximum Gasteiger partial charge on any atom is 0.262 e. The number of fused-ring (bicyclic) bond motifs is 2. The summed E-state index contributed by atoms with van der Waals surface area (Å²) in [5.41, 5.74) is 4.20. The molecule has 3 fully saturated rings. The van der Waals surface area contributed by atoms with Crippen molar-refractivity contribution in [2.75, 3.05) is 25.0 Å². The van der Waals surface area contributed by atoms with Crippen LogP contribution in [0.1, 0.15) is 101 Å². The molecular weight excluding hydrogens is 732 g/mol. The van der Waals surface area contributed by atoms with E-state index in [4.69, 9.17) is 16.3 Å². The van der Waals surface area contributed by atoms with Crippen LogP contribution in [0.25, 0.3) is 0 Å². The molecule has 0 aromatic heterocycles. The van der Waals surface area contributed by atoms with E-state index in [0.29, 0.717) is 65.1 Å². The zero-order chi connectivity index (χ0) is 39.7. The fraction of sp³-hybridized carbons (Fsp3) is 0.442. The summed E-state index contributed by atoms with van der Waals surface area (Å²) in [6.07, 6.45) is 1.89. The highest BCUT2D eigenvalue weighted by Gasteiger charge is 2.63. The first-order valence-corrected chi connectivity index (χ1v) is 19.7. The average Bonchev–Trinajstić information content (AvgIpc) is 3.67. The Hall–Kier alpha value is -5.25. The number of nitrogens with one attached hydrogen (secondary N) is 2. The zero-order valence-electron chi connectivity index (χ0n) is 32.0. The van der Waals surface area contributed by atoms with E-state index >= 15 is 0 Å². The first-order valence-electron chi connectivity index (χ1n) is 19.3. The monoisotopic (exact) mass is 776 g/mol. The molecule has 3 aromatic carbocycles. The van der Waals surface area contributed by atoms with Crippen molar-refractivity contribution in [2.45, 2.75) is 84.7 Å². The lowest BCUT2D eigenvalue weighted by molar-refractivity contribution is -0.147. The first kappa shape index (κ1) is 37.7. The number of imide groups is 2. The van der Waals surface area contributed by atoms with Gasteiger partial charge in [-0.25, -0.2) is 0 Å². The largest absolute Gasteiger partial charge is 0.489 e. The standard InChI is InChI=1S/C43H45ClN6O6/c1-42(2)40(43(3,4)41(42)56-30-10-7-26(20-45)33(44)19-30)46-29-8-5-25(6-9-29)37(53)49-15-13-24(14-16-49)21-48-22-27-17-31-32(18-28(27)23-48)39(55)50(38(31)54)34-11-12-35(51)47-36(34)52/h5-10,17-19,24,34,40-41,46H,11-16,21-23H2,1-4H3,(H,47,51,52)/t34-,40?,41?/m1/s1. The minimum absolute atomic E-state index is 0.0256. The third-order valence-corrected chi connectivity index (χ3v) is 12.9. The molecule has 0 radical (unpaired) electrons. The molecule has 56 heavy (non-hydrogen) atoms. The Bertz CT molecular complexity index is 2140. The number of halogens is 1. The van der Waals surface area contributed by atoms with Crippen LogP contribution in [-0.2, 0) is 22.7 Å². The topological polar surface area (TPSA) is 152 Å². The summed E-state index contributed by atoms with van der Waals surface area (Å²) in [4.78, 5) is 69.5. The molecule has 5 amide bonds. The number of anilines is 1. The second kappa shape index (κ2) is 14.0. The van der Waals surface area contributed by atoms with Crippen LogP contribution >= 0.6 is 11.6 Å². The van der Waals surface area contributed by atoms with Gasteiger partial charge in [0.2, 0.25) is 11.8 Å². The third-order valence-electron chi connectivity index (χ3n) is 12.6. The van der Waals surface area contributed by atoms with Crippen molar-refractivity contribution in [1.29, 1.82) is 5.26 Å². The van der Waals surface area contributed by atoms with Crippen molar-refractivity contribution in [3.8, 4) is 11.8 Å². The van der Waals surface area contributed by atoms with Crippen molar-refractivity contribution in [3.63, 3.8) is 0 Å². The number of likely N-dealkylation sites (tertiary alicyclic amines) is 1. The van der Waals surface area contributed by atoms with Gasteiger partial charge in [-0.3, -0.25) is 39.1 Å². The molecule has 2 saturated heterocycles. The molecule has 8 rings (SSSR count). The number of ether oxygens (including phenoxy) is 1. The lowest BCUT2D eigenvalue weighted by Crippen LogP contribution is -2.72.